The van der Waals surface area contributed by atoms with Gasteiger partial charge >= 0.3 is 5.91 Å². The predicted molar refractivity (Wildman–Crippen MR) is 90.4 cm³/mol. The highest BCUT2D eigenvalue weighted by atomic mass is 16.3. The molecule has 0 unspecified atom stereocenters. The first-order chi connectivity index (χ1) is 11.6. The van der Waals surface area contributed by atoms with Gasteiger partial charge in [0.15, 0.2) is 12.4 Å². The molecule has 0 aliphatic carbocycles. The molecule has 124 valence electrons. The second kappa shape index (κ2) is 6.87. The second-order valence-electron chi connectivity index (χ2n) is 6.08. The second-order valence-corrected chi connectivity index (χ2v) is 6.08. The zero-order valence-corrected chi connectivity index (χ0v) is 14.1. The summed E-state index contributed by atoms with van der Waals surface area (Å²) in [5, 5.41) is 12.4. The molecule has 1 aromatic heterocycles. The Kier molecular flexibility index (Phi) is 4.65. The van der Waals surface area contributed by atoms with Crippen molar-refractivity contribution >= 4 is 11.6 Å². The molecule has 0 fully saturated rings. The third kappa shape index (κ3) is 3.04. The Labute approximate surface area is 142 Å². The number of carbonyl (C=O) groups excluding carboxylic acids is 1. The van der Waals surface area contributed by atoms with Crippen molar-refractivity contribution in [2.75, 3.05) is 6.54 Å². The van der Waals surface area contributed by atoms with Gasteiger partial charge in [-0.1, -0.05) is 37.3 Å². The summed E-state index contributed by atoms with van der Waals surface area (Å²) in [6.07, 6.45) is 4.88. The van der Waals surface area contributed by atoms with E-state index in [1.54, 1.807) is 15.7 Å². The molecule has 0 bridgehead atoms. The Morgan fingerprint density at radius 3 is 2.67 bits per heavy atom. The molecular formula is C20H22N2O2. The van der Waals surface area contributed by atoms with Crippen LogP contribution in [0.4, 0.5) is 0 Å². The molecule has 2 heterocycles. The number of benzene rings is 1. The van der Waals surface area contributed by atoms with E-state index in [1.165, 1.54) is 0 Å². The van der Waals surface area contributed by atoms with Crippen LogP contribution in [0, 0.1) is 0 Å². The highest BCUT2D eigenvalue weighted by Crippen LogP contribution is 2.26. The molecule has 1 amide bonds. The molecule has 1 aliphatic rings. The maximum atomic E-state index is 13.0. The van der Waals surface area contributed by atoms with Crippen molar-refractivity contribution in [2.24, 2.45) is 0 Å². The van der Waals surface area contributed by atoms with Gasteiger partial charge in [0.2, 0.25) is 0 Å². The number of hydrogen-bond donors (Lipinski definition) is 0. The molecule has 3 rings (SSSR count). The molecule has 1 atom stereocenters. The molecule has 0 saturated heterocycles. The van der Waals surface area contributed by atoms with E-state index >= 15 is 0 Å². The van der Waals surface area contributed by atoms with Gasteiger partial charge in [0.1, 0.15) is 0 Å². The van der Waals surface area contributed by atoms with Gasteiger partial charge in [0.25, 0.3) is 5.70 Å². The fourth-order valence-electron chi connectivity index (χ4n) is 3.10. The highest BCUT2D eigenvalue weighted by molar-refractivity contribution is 6.11. The van der Waals surface area contributed by atoms with E-state index in [2.05, 4.69) is 6.92 Å². The van der Waals surface area contributed by atoms with Crippen LogP contribution in [0.5, 0.6) is 0 Å². The van der Waals surface area contributed by atoms with Crippen LogP contribution >= 0.6 is 0 Å². The minimum atomic E-state index is -0.194. The van der Waals surface area contributed by atoms with E-state index in [4.69, 9.17) is 0 Å². The summed E-state index contributed by atoms with van der Waals surface area (Å²) >= 11 is 0. The van der Waals surface area contributed by atoms with E-state index in [1.807, 2.05) is 55.6 Å². The molecule has 2 aromatic rings. The molecule has 0 radical (unpaired) electrons. The first-order valence-corrected chi connectivity index (χ1v) is 8.38. The number of hydrogen-bond acceptors (Lipinski definition) is 2. The molecule has 0 saturated carbocycles. The molecule has 4 nitrogen and oxygen atoms in total. The molecule has 1 aliphatic heterocycles. The molecule has 0 spiro atoms. The summed E-state index contributed by atoms with van der Waals surface area (Å²) in [7, 11) is 0. The Morgan fingerprint density at radius 1 is 1.21 bits per heavy atom. The first kappa shape index (κ1) is 16.2. The average Bonchev–Trinajstić information content (AvgIpc) is 2.62. The van der Waals surface area contributed by atoms with Crippen LogP contribution in [0.25, 0.3) is 5.70 Å². The molecule has 1 aromatic carbocycles. The lowest BCUT2D eigenvalue weighted by Gasteiger charge is -2.34. The summed E-state index contributed by atoms with van der Waals surface area (Å²) in [4.78, 5) is 14.8. The third-order valence-corrected chi connectivity index (χ3v) is 4.59. The van der Waals surface area contributed by atoms with Crippen LogP contribution in [-0.2, 0) is 11.2 Å². The van der Waals surface area contributed by atoms with Gasteiger partial charge < -0.3 is 10.0 Å². The lowest BCUT2D eigenvalue weighted by molar-refractivity contribution is -0.584. The molecule has 24 heavy (non-hydrogen) atoms. The van der Waals surface area contributed by atoms with Gasteiger partial charge in [-0.15, -0.1) is 0 Å². The van der Waals surface area contributed by atoms with E-state index in [0.29, 0.717) is 13.0 Å². The number of rotatable bonds is 4. The van der Waals surface area contributed by atoms with Crippen LogP contribution in [0.2, 0.25) is 0 Å². The van der Waals surface area contributed by atoms with Crippen LogP contribution in [-0.4, -0.2) is 17.4 Å². The van der Waals surface area contributed by atoms with Crippen LogP contribution in [0.3, 0.4) is 0 Å². The van der Waals surface area contributed by atoms with E-state index < -0.39 is 0 Å². The van der Waals surface area contributed by atoms with E-state index in [9.17, 15) is 9.90 Å². The van der Waals surface area contributed by atoms with Gasteiger partial charge in [0.05, 0.1) is 6.04 Å². The van der Waals surface area contributed by atoms with Crippen LogP contribution < -0.4 is 9.67 Å². The lowest BCUT2D eigenvalue weighted by Crippen LogP contribution is -2.49. The molecular weight excluding hydrogens is 300 g/mol. The fourth-order valence-corrected chi connectivity index (χ4v) is 3.10. The monoisotopic (exact) mass is 322 g/mol. The molecule has 4 heteroatoms. The minimum Gasteiger partial charge on any atom is -0.871 e. The summed E-state index contributed by atoms with van der Waals surface area (Å²) in [5.74, 6) is -0.282. The van der Waals surface area contributed by atoms with Crippen molar-refractivity contribution in [3.05, 3.63) is 71.7 Å². The Balaban J connectivity index is 1.94. The van der Waals surface area contributed by atoms with Crippen LogP contribution in [0.1, 0.15) is 37.4 Å². The van der Waals surface area contributed by atoms with Gasteiger partial charge in [-0.05, 0) is 37.2 Å². The smallest absolute Gasteiger partial charge is 0.318 e. The summed E-state index contributed by atoms with van der Waals surface area (Å²) in [6, 6.07) is 13.7. The normalized spacial score (nSPS) is 16.4. The quantitative estimate of drug-likeness (QED) is 0.809. The Morgan fingerprint density at radius 2 is 1.96 bits per heavy atom. The lowest BCUT2D eigenvalue weighted by atomic mass is 10.0. The summed E-state index contributed by atoms with van der Waals surface area (Å²) < 4.78 is 1.69. The van der Waals surface area contributed by atoms with Crippen molar-refractivity contribution in [1.29, 1.82) is 0 Å². The number of pyridine rings is 1. The number of amides is 1. The number of carbonyl (C=O) groups is 1. The van der Waals surface area contributed by atoms with Gasteiger partial charge in [0, 0.05) is 18.2 Å². The van der Waals surface area contributed by atoms with Crippen molar-refractivity contribution in [3.63, 3.8) is 0 Å². The van der Waals surface area contributed by atoms with Crippen molar-refractivity contribution < 1.29 is 14.5 Å². The zero-order valence-electron chi connectivity index (χ0n) is 14.1. The number of nitrogens with zero attached hydrogens (tertiary/aromatic N) is 2. The van der Waals surface area contributed by atoms with Crippen molar-refractivity contribution in [3.8, 4) is 0 Å². The zero-order chi connectivity index (χ0) is 17.1. The maximum absolute atomic E-state index is 13.0. The summed E-state index contributed by atoms with van der Waals surface area (Å²) in [5.41, 5.74) is 2.42. The average molecular weight is 322 g/mol. The standard InChI is InChI=1S/C20H22N2O2/c1-3-16-8-7-12-21(14-16)19-18(23)11-13-22(20(19)24)15(2)17-9-5-4-6-10-17/h4-10,12,14-15H,3,11,13H2,1-2H3/t15-/m0/s1. The fraction of sp³-hybridized carbons (Fsp3) is 0.300. The Bertz CT molecular complexity index is 768. The SMILES string of the molecule is CCc1ccc[n+](C2=C([O-])CCN([C@@H](C)c3ccccc3)C2=O)c1. The predicted octanol–water partition coefficient (Wildman–Crippen LogP) is 2.06. The Hall–Kier alpha value is -2.62. The van der Waals surface area contributed by atoms with Gasteiger partial charge in [-0.3, -0.25) is 4.79 Å². The largest absolute Gasteiger partial charge is 0.871 e. The summed E-state index contributed by atoms with van der Waals surface area (Å²) in [6.45, 7) is 4.53. The van der Waals surface area contributed by atoms with E-state index in [0.717, 1.165) is 17.5 Å². The topological polar surface area (TPSA) is 47.2 Å². The van der Waals surface area contributed by atoms with Gasteiger partial charge in [-0.25, -0.2) is 0 Å². The van der Waals surface area contributed by atoms with Crippen LogP contribution in [0.15, 0.2) is 60.6 Å². The van der Waals surface area contributed by atoms with Gasteiger partial charge in [-0.2, -0.15) is 4.57 Å². The minimum absolute atomic E-state index is 0.0586. The number of aryl methyl sites for hydroxylation is 1. The highest BCUT2D eigenvalue weighted by Gasteiger charge is 2.33. The van der Waals surface area contributed by atoms with Crippen molar-refractivity contribution in [1.82, 2.24) is 4.90 Å². The number of aromatic nitrogens is 1. The molecule has 0 N–H and O–H groups in total. The van der Waals surface area contributed by atoms with Crippen molar-refractivity contribution in [2.45, 2.75) is 32.7 Å². The third-order valence-electron chi connectivity index (χ3n) is 4.59. The van der Waals surface area contributed by atoms with E-state index in [-0.39, 0.29) is 23.4 Å². The maximum Gasteiger partial charge on any atom is 0.318 e. The first-order valence-electron chi connectivity index (χ1n) is 8.38.